The van der Waals surface area contributed by atoms with Crippen molar-refractivity contribution in [2.24, 2.45) is 5.92 Å². The van der Waals surface area contributed by atoms with Crippen molar-refractivity contribution in [2.45, 2.75) is 56.3 Å². The molecule has 2 N–H and O–H groups in total. The minimum absolute atomic E-state index is 0.0821. The molecular weight excluding hydrogens is 485 g/mol. The first-order valence-electron chi connectivity index (χ1n) is 12.3. The average molecular weight is 518 g/mol. The van der Waals surface area contributed by atoms with Crippen LogP contribution in [-0.4, -0.2) is 53.4 Å². The van der Waals surface area contributed by atoms with Gasteiger partial charge in [0.2, 0.25) is 5.28 Å². The van der Waals surface area contributed by atoms with Crippen molar-refractivity contribution in [3.8, 4) is 0 Å². The Hall–Kier alpha value is -2.39. The van der Waals surface area contributed by atoms with Crippen molar-refractivity contribution in [1.29, 1.82) is 0 Å². The second-order valence-corrected chi connectivity index (χ2v) is 10.0. The predicted molar refractivity (Wildman–Crippen MR) is 136 cm³/mol. The topological polar surface area (TPSA) is 93.6 Å². The van der Waals surface area contributed by atoms with Gasteiger partial charge in [-0.3, -0.25) is 4.79 Å². The van der Waals surface area contributed by atoms with Gasteiger partial charge in [-0.1, -0.05) is 30.8 Å². The number of ketones is 1. The molecular formula is C27H33ClFN3O4. The molecule has 4 rings (SSSR count). The number of methoxy groups -OCH3 is 1. The molecule has 0 amide bonds. The lowest BCUT2D eigenvalue weighted by Gasteiger charge is -2.35. The van der Waals surface area contributed by atoms with Gasteiger partial charge >= 0.3 is 0 Å². The summed E-state index contributed by atoms with van der Waals surface area (Å²) in [5.74, 6) is 0.798. The van der Waals surface area contributed by atoms with Crippen LogP contribution >= 0.6 is 11.6 Å². The summed E-state index contributed by atoms with van der Waals surface area (Å²) >= 11 is 6.25. The van der Waals surface area contributed by atoms with Crippen molar-refractivity contribution in [2.75, 3.05) is 32.2 Å². The van der Waals surface area contributed by atoms with Crippen molar-refractivity contribution >= 4 is 23.2 Å². The second-order valence-electron chi connectivity index (χ2n) is 9.70. The van der Waals surface area contributed by atoms with E-state index in [1.807, 2.05) is 13.0 Å². The number of Topliss-reactive ketones (excluding diaryl/α,β-unsaturated/α-hetero) is 1. The van der Waals surface area contributed by atoms with E-state index >= 15 is 0 Å². The smallest absolute Gasteiger partial charge is 0.224 e. The molecule has 2 aromatic rings. The fourth-order valence-electron chi connectivity index (χ4n) is 5.16. The van der Waals surface area contributed by atoms with Gasteiger partial charge in [-0.15, -0.1) is 0 Å². The summed E-state index contributed by atoms with van der Waals surface area (Å²) in [5, 5.41) is 13.0. The number of aromatic nitrogens is 2. The van der Waals surface area contributed by atoms with Crippen molar-refractivity contribution in [3.05, 3.63) is 64.6 Å². The molecule has 194 valence electrons. The maximum atomic E-state index is 15.0. The molecule has 1 fully saturated rings. The van der Waals surface area contributed by atoms with E-state index in [4.69, 9.17) is 21.1 Å². The quantitative estimate of drug-likeness (QED) is 0.353. The number of rotatable bonds is 10. The van der Waals surface area contributed by atoms with Gasteiger partial charge < -0.3 is 19.9 Å². The van der Waals surface area contributed by atoms with Crippen LogP contribution in [0, 0.1) is 5.92 Å². The molecule has 9 heteroatoms. The number of anilines is 1. The first kappa shape index (κ1) is 26.7. The lowest BCUT2D eigenvalue weighted by Crippen LogP contribution is -2.46. The molecule has 1 aliphatic heterocycles. The standard InChI is InChI=1S/C27H33ClFN3O4/c1-4-26(29,16-33)20-7-5-6-19(15-20)17(2)30-24-21-12-18(13-22(21)31-25(28)32-24)14-23(34)27(35-3)8-10-36-11-9-27/h4-7,15,17-18,33H,1,8-14,16H2,2-3H3,(H,30,31,32)/t17-,18?,26?/m1/s1. The molecule has 1 saturated heterocycles. The minimum atomic E-state index is -2.01. The van der Waals surface area contributed by atoms with Crippen molar-refractivity contribution in [1.82, 2.24) is 9.97 Å². The number of carbonyl (C=O) groups excluding carboxylic acids is 1. The number of halogens is 2. The lowest BCUT2D eigenvalue weighted by atomic mass is 9.84. The summed E-state index contributed by atoms with van der Waals surface area (Å²) in [7, 11) is 1.60. The Kier molecular flexibility index (Phi) is 8.09. The molecule has 2 aliphatic rings. The number of hydrogen-bond acceptors (Lipinski definition) is 7. The van der Waals surface area contributed by atoms with Gasteiger partial charge in [0.05, 0.1) is 12.3 Å². The van der Waals surface area contributed by atoms with Gasteiger partial charge in [0, 0.05) is 51.2 Å². The van der Waals surface area contributed by atoms with Gasteiger partial charge in [0.1, 0.15) is 11.4 Å². The molecule has 0 saturated carbocycles. The SMILES string of the molecule is C=CC(F)(CO)c1cccc([C@@H](C)Nc2nc(Cl)nc3c2CC(CC(=O)C2(OC)CCOCC2)C3)c1. The summed E-state index contributed by atoms with van der Waals surface area (Å²) in [6, 6.07) is 6.73. The normalized spacial score (nSPS) is 21.3. The lowest BCUT2D eigenvalue weighted by molar-refractivity contribution is -0.153. The Balaban J connectivity index is 1.50. The van der Waals surface area contributed by atoms with Gasteiger partial charge in [0.25, 0.3) is 0 Å². The Labute approximate surface area is 216 Å². The van der Waals surface area contributed by atoms with Crippen LogP contribution in [0.3, 0.4) is 0 Å². The first-order valence-corrected chi connectivity index (χ1v) is 12.6. The van der Waals surface area contributed by atoms with Crippen LogP contribution in [0.25, 0.3) is 0 Å². The van der Waals surface area contributed by atoms with Crippen LogP contribution in [0.2, 0.25) is 5.28 Å². The first-order chi connectivity index (χ1) is 17.2. The number of ether oxygens (including phenoxy) is 2. The van der Waals surface area contributed by atoms with Crippen LogP contribution in [0.15, 0.2) is 36.9 Å². The molecule has 1 aromatic heterocycles. The molecule has 0 spiro atoms. The molecule has 0 radical (unpaired) electrons. The number of nitrogens with zero attached hydrogens (tertiary/aromatic N) is 2. The second kappa shape index (κ2) is 10.9. The van der Waals surface area contributed by atoms with E-state index in [-0.39, 0.29) is 23.0 Å². The van der Waals surface area contributed by atoms with Crippen LogP contribution in [0.5, 0.6) is 0 Å². The molecule has 2 unspecified atom stereocenters. The van der Waals surface area contributed by atoms with Gasteiger partial charge in [-0.25, -0.2) is 14.4 Å². The van der Waals surface area contributed by atoms with E-state index in [9.17, 15) is 14.3 Å². The highest BCUT2D eigenvalue weighted by molar-refractivity contribution is 6.28. The van der Waals surface area contributed by atoms with E-state index in [2.05, 4.69) is 21.9 Å². The number of aliphatic hydroxyl groups is 1. The number of alkyl halides is 1. The van der Waals surface area contributed by atoms with E-state index in [1.54, 1.807) is 25.3 Å². The maximum absolute atomic E-state index is 15.0. The molecule has 1 aliphatic carbocycles. The number of aliphatic hydroxyl groups excluding tert-OH is 1. The van der Waals surface area contributed by atoms with Crippen LogP contribution < -0.4 is 5.32 Å². The Morgan fingerprint density at radius 1 is 1.42 bits per heavy atom. The number of carbonyl (C=O) groups is 1. The fourth-order valence-corrected chi connectivity index (χ4v) is 5.34. The Morgan fingerprint density at radius 3 is 2.83 bits per heavy atom. The van der Waals surface area contributed by atoms with E-state index in [1.165, 1.54) is 0 Å². The van der Waals surface area contributed by atoms with Crippen LogP contribution in [0.1, 0.15) is 54.6 Å². The number of hydrogen-bond donors (Lipinski definition) is 2. The minimum Gasteiger partial charge on any atom is -0.392 e. The predicted octanol–water partition coefficient (Wildman–Crippen LogP) is 4.52. The highest BCUT2D eigenvalue weighted by Gasteiger charge is 2.41. The highest BCUT2D eigenvalue weighted by Crippen LogP contribution is 2.37. The molecule has 7 nitrogen and oxygen atoms in total. The third-order valence-electron chi connectivity index (χ3n) is 7.49. The van der Waals surface area contributed by atoms with E-state index < -0.39 is 17.9 Å². The van der Waals surface area contributed by atoms with Crippen molar-refractivity contribution in [3.63, 3.8) is 0 Å². The third-order valence-corrected chi connectivity index (χ3v) is 7.66. The molecule has 36 heavy (non-hydrogen) atoms. The molecule has 2 heterocycles. The van der Waals surface area contributed by atoms with Crippen LogP contribution in [0.4, 0.5) is 10.2 Å². The summed E-state index contributed by atoms with van der Waals surface area (Å²) in [4.78, 5) is 22.1. The summed E-state index contributed by atoms with van der Waals surface area (Å²) in [5.41, 5.74) is 0.140. The monoisotopic (exact) mass is 517 g/mol. The van der Waals surface area contributed by atoms with Crippen molar-refractivity contribution < 1.29 is 23.8 Å². The molecule has 3 atom stereocenters. The summed E-state index contributed by atoms with van der Waals surface area (Å²) < 4.78 is 26.1. The summed E-state index contributed by atoms with van der Waals surface area (Å²) in [6.45, 7) is 5.82. The largest absolute Gasteiger partial charge is 0.392 e. The van der Waals surface area contributed by atoms with Crippen LogP contribution in [-0.2, 0) is 32.8 Å². The van der Waals surface area contributed by atoms with E-state index in [0.717, 1.165) is 22.9 Å². The number of benzene rings is 1. The molecule has 0 bridgehead atoms. The Bertz CT molecular complexity index is 1120. The summed E-state index contributed by atoms with van der Waals surface area (Å²) in [6.07, 6.45) is 3.92. The van der Waals surface area contributed by atoms with E-state index in [0.29, 0.717) is 56.7 Å². The number of fused-ring (bicyclic) bond motifs is 1. The third kappa shape index (κ3) is 5.32. The van der Waals surface area contributed by atoms with Gasteiger partial charge in [0.15, 0.2) is 11.5 Å². The zero-order valence-corrected chi connectivity index (χ0v) is 21.5. The fraction of sp³-hybridized carbons (Fsp3) is 0.519. The zero-order valence-electron chi connectivity index (χ0n) is 20.7. The Morgan fingerprint density at radius 2 is 2.17 bits per heavy atom. The van der Waals surface area contributed by atoms with Gasteiger partial charge in [-0.05, 0) is 54.5 Å². The average Bonchev–Trinajstić information content (AvgIpc) is 3.30. The molecule has 1 aromatic carbocycles. The zero-order chi connectivity index (χ0) is 25.9. The van der Waals surface area contributed by atoms with Gasteiger partial charge in [-0.2, -0.15) is 0 Å². The maximum Gasteiger partial charge on any atom is 0.224 e. The highest BCUT2D eigenvalue weighted by atomic mass is 35.5. The number of nitrogens with one attached hydrogen (secondary N) is 1.